The van der Waals surface area contributed by atoms with Gasteiger partial charge in [-0.25, -0.2) is 0 Å². The number of nitro benzene ring substituents is 1. The maximum Gasteiger partial charge on any atom is 0.305 e. The van der Waals surface area contributed by atoms with E-state index in [1.165, 1.54) is 24.3 Å². The predicted octanol–water partition coefficient (Wildman–Crippen LogP) is 0.966. The number of nitrogens with one attached hydrogen (secondary N) is 2. The first-order valence-corrected chi connectivity index (χ1v) is 7.79. The molecule has 28 heavy (non-hydrogen) atoms. The molecule has 0 unspecified atom stereocenters. The third-order valence-electron chi connectivity index (χ3n) is 3.32. The number of anilines is 1. The minimum Gasteiger partial charge on any atom is -0.484 e. The van der Waals surface area contributed by atoms with Crippen molar-refractivity contribution in [3.8, 4) is 5.75 Å². The van der Waals surface area contributed by atoms with Crippen LogP contribution >= 0.6 is 0 Å². The quantitative estimate of drug-likeness (QED) is 0.451. The monoisotopic (exact) mass is 390 g/mol. The molecule has 0 aromatic heterocycles. The fourth-order valence-corrected chi connectivity index (χ4v) is 2.08. The summed E-state index contributed by atoms with van der Waals surface area (Å²) in [7, 11) is 0. The first kappa shape index (κ1) is 20.3. The third-order valence-corrected chi connectivity index (χ3v) is 3.32. The molecule has 0 bridgehead atoms. The number of hydrogen-bond acceptors (Lipinski definition) is 6. The lowest BCUT2D eigenvalue weighted by Crippen LogP contribution is -2.33. The second kappa shape index (κ2) is 9.07. The van der Waals surface area contributed by atoms with Crippen LogP contribution in [-0.2, 0) is 9.59 Å². The molecule has 2 rings (SSSR count). The molecule has 10 nitrogen and oxygen atoms in total. The number of nitro groups is 1. The molecule has 2 aromatic rings. The Kier molecular flexibility index (Phi) is 6.58. The Labute approximate surface area is 157 Å². The van der Waals surface area contributed by atoms with Gasteiger partial charge in [-0.05, 0) is 24.3 Å². The van der Waals surface area contributed by atoms with Crippen LogP contribution in [0.25, 0.3) is 0 Å². The molecule has 0 saturated heterocycles. The van der Waals surface area contributed by atoms with Crippen LogP contribution < -0.4 is 21.1 Å². The summed E-state index contributed by atoms with van der Waals surface area (Å²) in [6, 6.07) is 8.78. The first-order chi connectivity index (χ1) is 13.3. The number of nitrogens with zero attached hydrogens (tertiary/aromatic N) is 1. The zero-order valence-electron chi connectivity index (χ0n) is 14.3. The molecular formula is C17H15FN4O6. The van der Waals surface area contributed by atoms with Crippen LogP contribution in [0.15, 0.2) is 42.5 Å². The fourth-order valence-electron chi connectivity index (χ4n) is 2.08. The SMILES string of the molecule is NC(=O)CNC(=O)c1cccc(NC(=O)COc2ccc([N+](=O)[O-])c(F)c2)c1. The molecule has 2 aromatic carbocycles. The largest absolute Gasteiger partial charge is 0.484 e. The zero-order chi connectivity index (χ0) is 20.7. The Morgan fingerprint density at radius 1 is 1.18 bits per heavy atom. The summed E-state index contributed by atoms with van der Waals surface area (Å²) in [5.74, 6) is -2.99. The third kappa shape index (κ3) is 5.76. The number of carbonyl (C=O) groups is 3. The number of nitrogens with two attached hydrogens (primary N) is 1. The Morgan fingerprint density at radius 3 is 2.57 bits per heavy atom. The number of primary amides is 1. The van der Waals surface area contributed by atoms with Crippen molar-refractivity contribution in [2.45, 2.75) is 0 Å². The van der Waals surface area contributed by atoms with E-state index >= 15 is 0 Å². The molecule has 0 aliphatic heterocycles. The van der Waals surface area contributed by atoms with Crippen molar-refractivity contribution >= 4 is 29.1 Å². The second-order valence-corrected chi connectivity index (χ2v) is 5.44. The van der Waals surface area contributed by atoms with Crippen LogP contribution in [0.5, 0.6) is 5.75 Å². The van der Waals surface area contributed by atoms with Crippen LogP contribution in [0.3, 0.4) is 0 Å². The Bertz CT molecular complexity index is 934. The van der Waals surface area contributed by atoms with Gasteiger partial charge in [-0.3, -0.25) is 24.5 Å². The van der Waals surface area contributed by atoms with Crippen molar-refractivity contribution in [3.05, 3.63) is 64.0 Å². The molecule has 0 radical (unpaired) electrons. The van der Waals surface area contributed by atoms with E-state index in [-0.39, 0.29) is 23.5 Å². The van der Waals surface area contributed by atoms with Crippen molar-refractivity contribution in [1.29, 1.82) is 0 Å². The average molecular weight is 390 g/mol. The molecular weight excluding hydrogens is 375 g/mol. The highest BCUT2D eigenvalue weighted by Gasteiger charge is 2.15. The summed E-state index contributed by atoms with van der Waals surface area (Å²) in [6.07, 6.45) is 0. The van der Waals surface area contributed by atoms with Crippen LogP contribution in [0.2, 0.25) is 0 Å². The Hall–Kier alpha value is -4.02. The molecule has 0 atom stereocenters. The van der Waals surface area contributed by atoms with Gasteiger partial charge < -0.3 is 21.1 Å². The van der Waals surface area contributed by atoms with Gasteiger partial charge in [-0.1, -0.05) is 6.07 Å². The molecule has 146 valence electrons. The number of carbonyl (C=O) groups excluding carboxylic acids is 3. The van der Waals surface area contributed by atoms with Gasteiger partial charge in [-0.2, -0.15) is 4.39 Å². The minimum atomic E-state index is -1.09. The number of amides is 3. The summed E-state index contributed by atoms with van der Waals surface area (Å²) in [5.41, 5.74) is 4.72. The summed E-state index contributed by atoms with van der Waals surface area (Å²) in [4.78, 5) is 44.2. The Morgan fingerprint density at radius 2 is 1.93 bits per heavy atom. The van der Waals surface area contributed by atoms with Gasteiger partial charge in [-0.15, -0.1) is 0 Å². The van der Waals surface area contributed by atoms with Gasteiger partial charge in [0.1, 0.15) is 5.75 Å². The van der Waals surface area contributed by atoms with E-state index in [0.717, 1.165) is 18.2 Å². The smallest absolute Gasteiger partial charge is 0.305 e. The second-order valence-electron chi connectivity index (χ2n) is 5.44. The Balaban J connectivity index is 1.93. The average Bonchev–Trinajstić information content (AvgIpc) is 2.64. The van der Waals surface area contributed by atoms with Crippen molar-refractivity contribution in [1.82, 2.24) is 5.32 Å². The summed E-state index contributed by atoms with van der Waals surface area (Å²) in [6.45, 7) is -0.815. The molecule has 0 spiro atoms. The van der Waals surface area contributed by atoms with E-state index in [1.54, 1.807) is 0 Å². The van der Waals surface area contributed by atoms with Crippen LogP contribution in [0.4, 0.5) is 15.8 Å². The number of ether oxygens (including phenoxy) is 1. The number of hydrogen-bond donors (Lipinski definition) is 3. The van der Waals surface area contributed by atoms with E-state index in [1.807, 2.05) is 0 Å². The van der Waals surface area contributed by atoms with Gasteiger partial charge in [0.25, 0.3) is 11.8 Å². The maximum atomic E-state index is 13.5. The van der Waals surface area contributed by atoms with Gasteiger partial charge in [0.05, 0.1) is 11.5 Å². The highest BCUT2D eigenvalue weighted by molar-refractivity contribution is 5.98. The number of rotatable bonds is 8. The molecule has 3 amide bonds. The maximum absolute atomic E-state index is 13.5. The molecule has 11 heteroatoms. The van der Waals surface area contributed by atoms with Gasteiger partial charge >= 0.3 is 5.69 Å². The number of halogens is 1. The van der Waals surface area contributed by atoms with E-state index in [0.29, 0.717) is 0 Å². The van der Waals surface area contributed by atoms with Crippen molar-refractivity contribution in [2.75, 3.05) is 18.5 Å². The van der Waals surface area contributed by atoms with Crippen molar-refractivity contribution < 1.29 is 28.4 Å². The van der Waals surface area contributed by atoms with E-state index < -0.39 is 40.8 Å². The standard InChI is InChI=1S/C17H15FN4O6/c18-13-7-12(4-5-14(13)22(26)27)28-9-16(24)21-11-3-1-2-10(6-11)17(25)20-8-15(19)23/h1-7H,8-9H2,(H2,19,23)(H,20,25)(H,21,24). The molecule has 4 N–H and O–H groups in total. The topological polar surface area (TPSA) is 154 Å². The van der Waals surface area contributed by atoms with E-state index in [2.05, 4.69) is 10.6 Å². The first-order valence-electron chi connectivity index (χ1n) is 7.79. The van der Waals surface area contributed by atoms with Gasteiger partial charge in [0, 0.05) is 23.4 Å². The van der Waals surface area contributed by atoms with Crippen molar-refractivity contribution in [3.63, 3.8) is 0 Å². The van der Waals surface area contributed by atoms with Crippen LogP contribution in [-0.4, -0.2) is 35.8 Å². The normalized spacial score (nSPS) is 10.0. The van der Waals surface area contributed by atoms with Gasteiger partial charge in [0.15, 0.2) is 6.61 Å². The van der Waals surface area contributed by atoms with Crippen LogP contribution in [0, 0.1) is 15.9 Å². The lowest BCUT2D eigenvalue weighted by atomic mass is 10.2. The molecule has 0 fully saturated rings. The summed E-state index contributed by atoms with van der Waals surface area (Å²) in [5, 5.41) is 15.3. The lowest BCUT2D eigenvalue weighted by Gasteiger charge is -2.09. The lowest BCUT2D eigenvalue weighted by molar-refractivity contribution is -0.387. The highest BCUT2D eigenvalue weighted by Crippen LogP contribution is 2.22. The zero-order valence-corrected chi connectivity index (χ0v) is 14.3. The number of benzene rings is 2. The van der Waals surface area contributed by atoms with Gasteiger partial charge in [0.2, 0.25) is 11.7 Å². The van der Waals surface area contributed by atoms with E-state index in [4.69, 9.17) is 10.5 Å². The summed E-state index contributed by atoms with van der Waals surface area (Å²) < 4.78 is 18.6. The highest BCUT2D eigenvalue weighted by atomic mass is 19.1. The van der Waals surface area contributed by atoms with E-state index in [9.17, 15) is 28.9 Å². The predicted molar refractivity (Wildman–Crippen MR) is 95.1 cm³/mol. The molecule has 0 aliphatic rings. The van der Waals surface area contributed by atoms with Crippen LogP contribution in [0.1, 0.15) is 10.4 Å². The molecule has 0 aliphatic carbocycles. The minimum absolute atomic E-state index is 0.0576. The summed E-state index contributed by atoms with van der Waals surface area (Å²) >= 11 is 0. The fraction of sp³-hybridized carbons (Fsp3) is 0.118. The molecule has 0 saturated carbocycles. The molecule has 0 heterocycles. The van der Waals surface area contributed by atoms with Crippen molar-refractivity contribution in [2.24, 2.45) is 5.73 Å².